The zero-order chi connectivity index (χ0) is 15.9. The molecule has 0 aromatic carbocycles. The summed E-state index contributed by atoms with van der Waals surface area (Å²) >= 11 is 1.74. The highest BCUT2D eigenvalue weighted by molar-refractivity contribution is 7.99. The van der Waals surface area contributed by atoms with E-state index in [-0.39, 0.29) is 5.56 Å². The fourth-order valence-corrected chi connectivity index (χ4v) is 4.60. The van der Waals surface area contributed by atoms with Crippen molar-refractivity contribution in [3.8, 4) is 0 Å². The average Bonchev–Trinajstić information content (AvgIpc) is 2.54. The van der Waals surface area contributed by atoms with Crippen LogP contribution in [0, 0.1) is 17.8 Å². The number of hydrogen-bond donors (Lipinski definition) is 1. The topological polar surface area (TPSA) is 50.2 Å². The lowest BCUT2D eigenvalue weighted by Gasteiger charge is -2.34. The van der Waals surface area contributed by atoms with Crippen molar-refractivity contribution in [1.29, 1.82) is 0 Å². The second kappa shape index (κ2) is 8.56. The molecule has 1 heterocycles. The molecule has 1 fully saturated rings. The van der Waals surface area contributed by atoms with Crippen molar-refractivity contribution in [3.05, 3.63) is 24.0 Å². The number of thioether (sulfide) groups is 1. The maximum absolute atomic E-state index is 11.0. The van der Waals surface area contributed by atoms with Gasteiger partial charge in [0.05, 0.1) is 5.56 Å². The maximum Gasteiger partial charge on any atom is 0.337 e. The number of hydrogen-bond acceptors (Lipinski definition) is 3. The summed E-state index contributed by atoms with van der Waals surface area (Å²) in [6.07, 6.45) is 11.2. The Hall–Kier alpha value is -1.03. The first-order valence-electron chi connectivity index (χ1n) is 8.43. The molecule has 0 radical (unpaired) electrons. The third kappa shape index (κ3) is 5.01. The standard InChI is InChI=1S/C18H27NO2S/c1-3-13-7-14(4-2)9-15(8-13)5-6-22-17-10-16(18(20)21)11-19-12-17/h10-15H,3-9H2,1-2H3,(H,20,21). The lowest BCUT2D eigenvalue weighted by atomic mass is 9.72. The smallest absolute Gasteiger partial charge is 0.337 e. The normalized spacial score (nSPS) is 25.1. The maximum atomic E-state index is 11.0. The van der Waals surface area contributed by atoms with E-state index in [2.05, 4.69) is 18.8 Å². The van der Waals surface area contributed by atoms with Crippen molar-refractivity contribution in [1.82, 2.24) is 4.98 Å². The van der Waals surface area contributed by atoms with Gasteiger partial charge in [0.25, 0.3) is 0 Å². The average molecular weight is 321 g/mol. The van der Waals surface area contributed by atoms with E-state index in [9.17, 15) is 4.79 Å². The van der Waals surface area contributed by atoms with E-state index in [0.29, 0.717) is 0 Å². The van der Waals surface area contributed by atoms with E-state index in [4.69, 9.17) is 5.11 Å². The Kier molecular flexibility index (Phi) is 6.74. The van der Waals surface area contributed by atoms with Crippen molar-refractivity contribution < 1.29 is 9.90 Å². The molecule has 0 amide bonds. The van der Waals surface area contributed by atoms with Gasteiger partial charge in [-0.1, -0.05) is 26.7 Å². The molecule has 1 N–H and O–H groups in total. The van der Waals surface area contributed by atoms with E-state index >= 15 is 0 Å². The molecule has 0 spiro atoms. The number of nitrogens with zero attached hydrogens (tertiary/aromatic N) is 1. The van der Waals surface area contributed by atoms with Gasteiger partial charge in [0.1, 0.15) is 0 Å². The highest BCUT2D eigenvalue weighted by Crippen LogP contribution is 2.38. The Morgan fingerprint density at radius 2 is 1.82 bits per heavy atom. The lowest BCUT2D eigenvalue weighted by Crippen LogP contribution is -2.22. The summed E-state index contributed by atoms with van der Waals surface area (Å²) in [5, 5.41) is 9.00. The summed E-state index contributed by atoms with van der Waals surface area (Å²) in [4.78, 5) is 16.0. The Morgan fingerprint density at radius 1 is 1.18 bits per heavy atom. The number of carboxylic acid groups (broad SMARTS) is 1. The van der Waals surface area contributed by atoms with Crippen molar-refractivity contribution in [2.45, 2.75) is 57.3 Å². The van der Waals surface area contributed by atoms with Gasteiger partial charge < -0.3 is 5.11 Å². The van der Waals surface area contributed by atoms with Crippen LogP contribution in [0.25, 0.3) is 0 Å². The predicted octanol–water partition coefficient (Wildman–Crippen LogP) is 5.11. The SMILES string of the molecule is CCC1CC(CC)CC(CCSc2cncc(C(=O)O)c2)C1. The van der Waals surface area contributed by atoms with Crippen LogP contribution in [-0.2, 0) is 0 Å². The highest BCUT2D eigenvalue weighted by atomic mass is 32.2. The Labute approximate surface area is 137 Å². The molecule has 0 aliphatic heterocycles. The summed E-state index contributed by atoms with van der Waals surface area (Å²) in [5.74, 6) is 2.81. The minimum absolute atomic E-state index is 0.278. The lowest BCUT2D eigenvalue weighted by molar-refractivity contribution is 0.0696. The van der Waals surface area contributed by atoms with Gasteiger partial charge in [0.2, 0.25) is 0 Å². The van der Waals surface area contributed by atoms with Gasteiger partial charge in [-0.15, -0.1) is 11.8 Å². The first-order valence-corrected chi connectivity index (χ1v) is 9.42. The molecule has 1 saturated carbocycles. The van der Waals surface area contributed by atoms with Gasteiger partial charge in [-0.25, -0.2) is 4.79 Å². The number of pyridine rings is 1. The van der Waals surface area contributed by atoms with Gasteiger partial charge in [-0.05, 0) is 55.3 Å². The summed E-state index contributed by atoms with van der Waals surface area (Å²) < 4.78 is 0. The van der Waals surface area contributed by atoms with Crippen LogP contribution in [0.1, 0.15) is 62.7 Å². The van der Waals surface area contributed by atoms with Crippen molar-refractivity contribution in [2.24, 2.45) is 17.8 Å². The largest absolute Gasteiger partial charge is 0.478 e. The second-order valence-electron chi connectivity index (χ2n) is 6.47. The zero-order valence-electron chi connectivity index (χ0n) is 13.6. The molecule has 2 unspecified atom stereocenters. The van der Waals surface area contributed by atoms with E-state index < -0.39 is 5.97 Å². The quantitative estimate of drug-likeness (QED) is 0.709. The van der Waals surface area contributed by atoms with Crippen molar-refractivity contribution in [3.63, 3.8) is 0 Å². The molecule has 1 aliphatic carbocycles. The molecule has 0 saturated heterocycles. The van der Waals surface area contributed by atoms with Crippen LogP contribution in [0.15, 0.2) is 23.4 Å². The second-order valence-corrected chi connectivity index (χ2v) is 7.64. The van der Waals surface area contributed by atoms with Crippen molar-refractivity contribution >= 4 is 17.7 Å². The molecule has 22 heavy (non-hydrogen) atoms. The van der Waals surface area contributed by atoms with E-state index in [1.54, 1.807) is 24.0 Å². The molecule has 2 atom stereocenters. The molecular formula is C18H27NO2S. The minimum Gasteiger partial charge on any atom is -0.478 e. The van der Waals surface area contributed by atoms with Crippen LogP contribution in [0.4, 0.5) is 0 Å². The first kappa shape index (κ1) is 17.3. The van der Waals surface area contributed by atoms with Gasteiger partial charge in [-0.2, -0.15) is 0 Å². The Balaban J connectivity index is 1.82. The van der Waals surface area contributed by atoms with Crippen LogP contribution in [0.2, 0.25) is 0 Å². The van der Waals surface area contributed by atoms with E-state index in [0.717, 1.165) is 28.4 Å². The molecule has 1 aromatic heterocycles. The van der Waals surface area contributed by atoms with Crippen LogP contribution in [0.3, 0.4) is 0 Å². The molecule has 1 aliphatic rings. The summed E-state index contributed by atoms with van der Waals surface area (Å²) in [6.45, 7) is 4.63. The summed E-state index contributed by atoms with van der Waals surface area (Å²) in [6, 6.07) is 1.73. The van der Waals surface area contributed by atoms with Gasteiger partial charge in [-0.3, -0.25) is 4.98 Å². The molecule has 1 aromatic rings. The summed E-state index contributed by atoms with van der Waals surface area (Å²) in [5.41, 5.74) is 0.278. The Bertz CT molecular complexity index is 480. The van der Waals surface area contributed by atoms with Crippen molar-refractivity contribution in [2.75, 3.05) is 5.75 Å². The molecular weight excluding hydrogens is 294 g/mol. The predicted molar refractivity (Wildman–Crippen MR) is 91.4 cm³/mol. The van der Waals surface area contributed by atoms with Gasteiger partial charge in [0.15, 0.2) is 0 Å². The molecule has 2 rings (SSSR count). The van der Waals surface area contributed by atoms with Crippen LogP contribution >= 0.6 is 11.8 Å². The van der Waals surface area contributed by atoms with Gasteiger partial charge in [0, 0.05) is 17.3 Å². The summed E-state index contributed by atoms with van der Waals surface area (Å²) in [7, 11) is 0. The first-order chi connectivity index (χ1) is 10.6. The monoisotopic (exact) mass is 321 g/mol. The fraction of sp³-hybridized carbons (Fsp3) is 0.667. The number of aromatic carboxylic acids is 1. The third-order valence-electron chi connectivity index (χ3n) is 4.91. The van der Waals surface area contributed by atoms with E-state index in [1.165, 1.54) is 44.7 Å². The number of aromatic nitrogens is 1. The third-order valence-corrected chi connectivity index (χ3v) is 5.91. The van der Waals surface area contributed by atoms with E-state index in [1.807, 2.05) is 0 Å². The minimum atomic E-state index is -0.904. The highest BCUT2D eigenvalue weighted by Gasteiger charge is 2.26. The molecule has 0 bridgehead atoms. The van der Waals surface area contributed by atoms with Crippen LogP contribution in [-0.4, -0.2) is 21.8 Å². The number of carboxylic acids is 1. The molecule has 4 heteroatoms. The fourth-order valence-electron chi connectivity index (χ4n) is 3.56. The number of rotatable bonds is 7. The zero-order valence-corrected chi connectivity index (χ0v) is 14.4. The molecule has 3 nitrogen and oxygen atoms in total. The Morgan fingerprint density at radius 3 is 2.41 bits per heavy atom. The van der Waals surface area contributed by atoms with Crippen LogP contribution < -0.4 is 0 Å². The van der Waals surface area contributed by atoms with Gasteiger partial charge >= 0.3 is 5.97 Å². The molecule has 122 valence electrons. The van der Waals surface area contributed by atoms with Crippen LogP contribution in [0.5, 0.6) is 0 Å². The number of carbonyl (C=O) groups is 1.